The number of rotatable bonds is 9. The van der Waals surface area contributed by atoms with Crippen LogP contribution in [0.1, 0.15) is 39.3 Å². The Morgan fingerprint density at radius 1 is 1.28 bits per heavy atom. The van der Waals surface area contributed by atoms with Crippen molar-refractivity contribution in [1.82, 2.24) is 15.1 Å². The summed E-state index contributed by atoms with van der Waals surface area (Å²) in [6.45, 7) is 11.4. The highest BCUT2D eigenvalue weighted by Gasteiger charge is 2.34. The van der Waals surface area contributed by atoms with Gasteiger partial charge in [-0.3, -0.25) is 10.1 Å². The molecule has 0 spiro atoms. The number of hydrogen-bond donors (Lipinski definition) is 1. The Morgan fingerprint density at radius 2 is 1.90 bits per heavy atom. The molecule has 0 saturated carbocycles. The normalized spacial score (nSPS) is 16.8. The first-order valence-electron chi connectivity index (χ1n) is 9.76. The molecule has 0 aromatic heterocycles. The molecule has 0 bridgehead atoms. The molecule has 0 radical (unpaired) electrons. The predicted octanol–water partition coefficient (Wildman–Crippen LogP) is 3.00. The summed E-state index contributed by atoms with van der Waals surface area (Å²) in [5, 5.41) is 14.7. The summed E-state index contributed by atoms with van der Waals surface area (Å²) >= 11 is 5.58. The second kappa shape index (κ2) is 10.3. The number of nitrogens with one attached hydrogen (secondary N) is 1. The Hall–Kier alpha value is -2.52. The van der Waals surface area contributed by atoms with E-state index in [-0.39, 0.29) is 12.3 Å². The van der Waals surface area contributed by atoms with Crippen LogP contribution in [-0.2, 0) is 9.53 Å². The van der Waals surface area contributed by atoms with Crippen LogP contribution in [-0.4, -0.2) is 58.6 Å². The summed E-state index contributed by atoms with van der Waals surface area (Å²) < 4.78 is 5.29. The van der Waals surface area contributed by atoms with Crippen molar-refractivity contribution in [3.8, 4) is 0 Å². The van der Waals surface area contributed by atoms with E-state index in [4.69, 9.17) is 17.0 Å². The van der Waals surface area contributed by atoms with Crippen molar-refractivity contribution < 1.29 is 14.5 Å². The van der Waals surface area contributed by atoms with Gasteiger partial charge in [0.05, 0.1) is 23.1 Å². The van der Waals surface area contributed by atoms with Gasteiger partial charge in [-0.2, -0.15) is 0 Å². The number of allylic oxidation sites excluding steroid dienone is 1. The fourth-order valence-corrected chi connectivity index (χ4v) is 3.69. The van der Waals surface area contributed by atoms with Crippen LogP contribution < -0.4 is 5.32 Å². The van der Waals surface area contributed by atoms with E-state index in [0.717, 1.165) is 25.3 Å². The standard InChI is InChI=1S/C20H28N4O4S/c1-5-22(6-2)12-13-23-14(4)17(19(25)28-7-3)18(21-20(23)29)15-8-10-16(11-9-15)24(26)27/h8-11,18H,5-7,12-13H2,1-4H3,(H,21,29)/t18-/m0/s1. The number of thiocarbonyl (C=S) groups is 1. The lowest BCUT2D eigenvalue weighted by molar-refractivity contribution is -0.384. The van der Waals surface area contributed by atoms with Gasteiger partial charge in [-0.25, -0.2) is 4.79 Å². The Bertz CT molecular complexity index is 790. The molecule has 1 N–H and O–H groups in total. The van der Waals surface area contributed by atoms with Gasteiger partial charge >= 0.3 is 5.97 Å². The molecule has 1 aromatic carbocycles. The molecular formula is C20H28N4O4S. The van der Waals surface area contributed by atoms with Crippen LogP contribution in [0.5, 0.6) is 0 Å². The van der Waals surface area contributed by atoms with Crippen LogP contribution in [0.3, 0.4) is 0 Å². The molecule has 0 fully saturated rings. The van der Waals surface area contributed by atoms with Crippen molar-refractivity contribution in [3.05, 3.63) is 51.2 Å². The molecule has 0 aliphatic carbocycles. The Kier molecular flexibility index (Phi) is 8.10. The van der Waals surface area contributed by atoms with E-state index in [9.17, 15) is 14.9 Å². The van der Waals surface area contributed by atoms with Crippen LogP contribution in [0, 0.1) is 10.1 Å². The average molecular weight is 421 g/mol. The fourth-order valence-electron chi connectivity index (χ4n) is 3.34. The van der Waals surface area contributed by atoms with Gasteiger partial charge in [0.15, 0.2) is 5.11 Å². The van der Waals surface area contributed by atoms with E-state index in [2.05, 4.69) is 24.1 Å². The zero-order valence-corrected chi connectivity index (χ0v) is 18.1. The smallest absolute Gasteiger partial charge is 0.338 e. The van der Waals surface area contributed by atoms with Crippen molar-refractivity contribution in [1.29, 1.82) is 0 Å². The summed E-state index contributed by atoms with van der Waals surface area (Å²) in [5.41, 5.74) is 1.91. The number of nitro benzene ring substituents is 1. The maximum Gasteiger partial charge on any atom is 0.338 e. The topological polar surface area (TPSA) is 88.0 Å². The van der Waals surface area contributed by atoms with Crippen molar-refractivity contribution in [2.75, 3.05) is 32.8 Å². The monoisotopic (exact) mass is 420 g/mol. The average Bonchev–Trinajstić information content (AvgIpc) is 2.70. The summed E-state index contributed by atoms with van der Waals surface area (Å²) in [4.78, 5) is 27.5. The molecule has 0 saturated heterocycles. The van der Waals surface area contributed by atoms with Gasteiger partial charge in [-0.15, -0.1) is 0 Å². The zero-order chi connectivity index (χ0) is 21.6. The molecule has 1 heterocycles. The van der Waals surface area contributed by atoms with E-state index < -0.39 is 16.9 Å². The van der Waals surface area contributed by atoms with Crippen molar-refractivity contribution >= 4 is 29.0 Å². The third kappa shape index (κ3) is 5.30. The summed E-state index contributed by atoms with van der Waals surface area (Å²) in [5.74, 6) is -0.420. The van der Waals surface area contributed by atoms with Crippen molar-refractivity contribution in [2.45, 2.75) is 33.7 Å². The van der Waals surface area contributed by atoms with Crippen molar-refractivity contribution in [3.63, 3.8) is 0 Å². The minimum Gasteiger partial charge on any atom is -0.463 e. The third-order valence-corrected chi connectivity index (χ3v) is 5.40. The molecule has 158 valence electrons. The molecule has 0 unspecified atom stereocenters. The number of carbonyl (C=O) groups is 1. The number of likely N-dealkylation sites (N-methyl/N-ethyl adjacent to an activating group) is 1. The minimum absolute atomic E-state index is 0.00799. The summed E-state index contributed by atoms with van der Waals surface area (Å²) in [6, 6.07) is 5.59. The highest BCUT2D eigenvalue weighted by atomic mass is 32.1. The maximum absolute atomic E-state index is 12.8. The Morgan fingerprint density at radius 3 is 2.41 bits per heavy atom. The number of nitro groups is 1. The van der Waals surface area contributed by atoms with Gasteiger partial charge in [-0.1, -0.05) is 13.8 Å². The van der Waals surface area contributed by atoms with E-state index in [1.165, 1.54) is 12.1 Å². The van der Waals surface area contributed by atoms with Gasteiger partial charge < -0.3 is 19.9 Å². The lowest BCUT2D eigenvalue weighted by atomic mass is 9.95. The van der Waals surface area contributed by atoms with Gasteiger partial charge in [-0.05, 0) is 56.9 Å². The molecule has 29 heavy (non-hydrogen) atoms. The van der Waals surface area contributed by atoms with Crippen LogP contribution in [0.15, 0.2) is 35.5 Å². The van der Waals surface area contributed by atoms with E-state index >= 15 is 0 Å². The molecular weight excluding hydrogens is 392 g/mol. The number of nitrogens with zero attached hydrogens (tertiary/aromatic N) is 3. The molecule has 1 aliphatic rings. The largest absolute Gasteiger partial charge is 0.463 e. The number of benzene rings is 1. The van der Waals surface area contributed by atoms with Crippen LogP contribution in [0.25, 0.3) is 0 Å². The molecule has 9 heteroatoms. The van der Waals surface area contributed by atoms with E-state index in [0.29, 0.717) is 22.8 Å². The number of ether oxygens (including phenoxy) is 1. The number of carbonyl (C=O) groups excluding carboxylic acids is 1. The molecule has 1 aliphatic heterocycles. The lowest BCUT2D eigenvalue weighted by Gasteiger charge is -2.38. The van der Waals surface area contributed by atoms with Crippen LogP contribution in [0.2, 0.25) is 0 Å². The van der Waals surface area contributed by atoms with Gasteiger partial charge in [0.25, 0.3) is 5.69 Å². The van der Waals surface area contributed by atoms with Crippen molar-refractivity contribution in [2.24, 2.45) is 0 Å². The molecule has 8 nitrogen and oxygen atoms in total. The molecule has 1 aromatic rings. The van der Waals surface area contributed by atoms with E-state index in [1.807, 2.05) is 11.8 Å². The first kappa shape index (κ1) is 22.8. The van der Waals surface area contributed by atoms with Gasteiger partial charge in [0.2, 0.25) is 0 Å². The van der Waals surface area contributed by atoms with Gasteiger partial charge in [0.1, 0.15) is 0 Å². The van der Waals surface area contributed by atoms with Crippen LogP contribution >= 0.6 is 12.2 Å². The van der Waals surface area contributed by atoms with Gasteiger partial charge in [0, 0.05) is 30.9 Å². The summed E-state index contributed by atoms with van der Waals surface area (Å²) in [6.07, 6.45) is 0. The molecule has 2 rings (SSSR count). The predicted molar refractivity (Wildman–Crippen MR) is 115 cm³/mol. The van der Waals surface area contributed by atoms with E-state index in [1.54, 1.807) is 19.1 Å². The highest BCUT2D eigenvalue weighted by molar-refractivity contribution is 7.80. The number of hydrogen-bond acceptors (Lipinski definition) is 6. The number of non-ortho nitro benzene ring substituents is 1. The molecule has 0 amide bonds. The number of esters is 1. The first-order valence-corrected chi connectivity index (χ1v) is 10.2. The maximum atomic E-state index is 12.8. The Labute approximate surface area is 176 Å². The van der Waals surface area contributed by atoms with Crippen LogP contribution in [0.4, 0.5) is 5.69 Å². The summed E-state index contributed by atoms with van der Waals surface area (Å²) in [7, 11) is 0. The minimum atomic E-state index is -0.521. The Balaban J connectivity index is 2.40. The second-order valence-electron chi connectivity index (χ2n) is 6.63. The quantitative estimate of drug-likeness (QED) is 0.282. The highest BCUT2D eigenvalue weighted by Crippen LogP contribution is 2.32. The SMILES string of the molecule is CCOC(=O)C1=C(C)N(CCN(CC)CC)C(=S)N[C@H]1c1ccc([N+](=O)[O-])cc1. The first-order chi connectivity index (χ1) is 13.8. The zero-order valence-electron chi connectivity index (χ0n) is 17.3. The second-order valence-corrected chi connectivity index (χ2v) is 7.02. The molecule has 1 atom stereocenters. The lowest BCUT2D eigenvalue weighted by Crippen LogP contribution is -2.49. The fraction of sp³-hybridized carbons (Fsp3) is 0.500. The third-order valence-electron chi connectivity index (χ3n) is 5.06.